The van der Waals surface area contributed by atoms with Crippen LogP contribution in [0.1, 0.15) is 18.2 Å². The number of pyridine rings is 2. The Morgan fingerprint density at radius 2 is 1.89 bits per heavy atom. The normalized spacial score (nSPS) is 19.3. The van der Waals surface area contributed by atoms with E-state index in [9.17, 15) is 27.9 Å². The van der Waals surface area contributed by atoms with Crippen LogP contribution in [-0.2, 0) is 4.79 Å². The Morgan fingerprint density at radius 1 is 1.18 bits per heavy atom. The van der Waals surface area contributed by atoms with Crippen LogP contribution in [0.2, 0.25) is 0 Å². The third-order valence-electron chi connectivity index (χ3n) is 4.92. The molecule has 0 spiro atoms. The Balaban J connectivity index is 1.87. The van der Waals surface area contributed by atoms with Crippen LogP contribution >= 0.6 is 0 Å². The molecule has 1 saturated heterocycles. The molecule has 1 aromatic carbocycles. The third kappa shape index (κ3) is 2.88. The van der Waals surface area contributed by atoms with Gasteiger partial charge in [0, 0.05) is 30.9 Å². The summed E-state index contributed by atoms with van der Waals surface area (Å²) in [7, 11) is 0. The average Bonchev–Trinajstić information content (AvgIpc) is 3.05. The van der Waals surface area contributed by atoms with Crippen molar-refractivity contribution in [3.8, 4) is 0 Å². The van der Waals surface area contributed by atoms with Gasteiger partial charge in [0.2, 0.25) is 0 Å². The number of carboxylic acid groups (broad SMARTS) is 1. The highest BCUT2D eigenvalue weighted by Gasteiger charge is 2.42. The maximum absolute atomic E-state index is 14.3. The van der Waals surface area contributed by atoms with Gasteiger partial charge in [-0.1, -0.05) is 0 Å². The molecule has 4 rings (SSSR count). The van der Waals surface area contributed by atoms with E-state index in [1.54, 1.807) is 0 Å². The number of anilines is 1. The van der Waals surface area contributed by atoms with Crippen molar-refractivity contribution in [3.63, 3.8) is 0 Å². The second-order valence-corrected chi connectivity index (χ2v) is 6.56. The molecule has 2 aromatic heterocycles. The van der Waals surface area contributed by atoms with Gasteiger partial charge in [0.05, 0.1) is 23.0 Å². The summed E-state index contributed by atoms with van der Waals surface area (Å²) >= 11 is 0. The largest absolute Gasteiger partial charge is 0.481 e. The quantitative estimate of drug-likeness (QED) is 0.719. The van der Waals surface area contributed by atoms with Crippen molar-refractivity contribution in [3.05, 3.63) is 69.9 Å². The van der Waals surface area contributed by atoms with Crippen LogP contribution in [0.4, 0.5) is 18.9 Å². The number of carbonyl (C=O) groups is 1. The number of rotatable bonds is 3. The van der Waals surface area contributed by atoms with Crippen LogP contribution in [0.15, 0.2) is 41.3 Å². The standard InChI is InChI=1S/C19H14F3N3O3/c20-9-7-12(21)17(13(22)8-9)25-6-4-11(19(27)28)16(25)14-2-1-10-15(26)3-5-23-18(10)24-14/h1-3,5,7-8,11,16H,4,6H2,(H,27,28)(H,23,24,26). The van der Waals surface area contributed by atoms with Crippen molar-refractivity contribution in [1.82, 2.24) is 9.97 Å². The second-order valence-electron chi connectivity index (χ2n) is 6.56. The zero-order valence-electron chi connectivity index (χ0n) is 14.3. The van der Waals surface area contributed by atoms with E-state index in [1.165, 1.54) is 29.3 Å². The van der Waals surface area contributed by atoms with Gasteiger partial charge in [-0.05, 0) is 18.6 Å². The second kappa shape index (κ2) is 6.66. The molecule has 28 heavy (non-hydrogen) atoms. The minimum Gasteiger partial charge on any atom is -0.481 e. The molecule has 1 aliphatic rings. The highest BCUT2D eigenvalue weighted by molar-refractivity contribution is 5.76. The molecular formula is C19H14F3N3O3. The molecule has 1 fully saturated rings. The number of aromatic amines is 1. The zero-order valence-corrected chi connectivity index (χ0v) is 14.3. The lowest BCUT2D eigenvalue weighted by Gasteiger charge is -2.29. The van der Waals surface area contributed by atoms with E-state index in [1.807, 2.05) is 0 Å². The van der Waals surface area contributed by atoms with Crippen LogP contribution in [-0.4, -0.2) is 27.6 Å². The molecule has 2 unspecified atom stereocenters. The predicted octanol–water partition coefficient (Wildman–Crippen LogP) is 2.99. The molecule has 144 valence electrons. The van der Waals surface area contributed by atoms with Crippen LogP contribution in [0.25, 0.3) is 11.0 Å². The maximum atomic E-state index is 14.3. The number of aromatic nitrogens is 2. The summed E-state index contributed by atoms with van der Waals surface area (Å²) in [6, 6.07) is 4.40. The smallest absolute Gasteiger partial charge is 0.309 e. The lowest BCUT2D eigenvalue weighted by atomic mass is 9.96. The molecule has 3 aromatic rings. The summed E-state index contributed by atoms with van der Waals surface area (Å²) in [6.45, 7) is 0.0478. The number of fused-ring (bicyclic) bond motifs is 1. The Kier molecular flexibility index (Phi) is 4.29. The van der Waals surface area contributed by atoms with Gasteiger partial charge in [-0.25, -0.2) is 18.2 Å². The van der Waals surface area contributed by atoms with Crippen molar-refractivity contribution >= 4 is 22.7 Å². The first-order valence-electron chi connectivity index (χ1n) is 8.49. The SMILES string of the molecule is O=C(O)C1CCN(c2c(F)cc(F)cc2F)C1c1ccc2c(=O)cc[nH]c2n1. The van der Waals surface area contributed by atoms with Gasteiger partial charge in [-0.15, -0.1) is 0 Å². The van der Waals surface area contributed by atoms with Gasteiger partial charge in [0.25, 0.3) is 0 Å². The Hall–Kier alpha value is -3.36. The van der Waals surface area contributed by atoms with E-state index in [4.69, 9.17) is 0 Å². The van der Waals surface area contributed by atoms with E-state index < -0.39 is 41.1 Å². The lowest BCUT2D eigenvalue weighted by molar-refractivity contribution is -0.142. The molecule has 6 nitrogen and oxygen atoms in total. The first-order valence-corrected chi connectivity index (χ1v) is 8.49. The van der Waals surface area contributed by atoms with Gasteiger partial charge in [0.1, 0.15) is 17.2 Å². The number of hydrogen-bond donors (Lipinski definition) is 2. The van der Waals surface area contributed by atoms with E-state index in [-0.39, 0.29) is 29.7 Å². The summed E-state index contributed by atoms with van der Waals surface area (Å²) in [4.78, 5) is 32.0. The van der Waals surface area contributed by atoms with Crippen LogP contribution in [0.3, 0.4) is 0 Å². The topological polar surface area (TPSA) is 86.3 Å². The van der Waals surface area contributed by atoms with Crippen molar-refractivity contribution in [2.24, 2.45) is 5.92 Å². The number of hydrogen-bond acceptors (Lipinski definition) is 4. The van der Waals surface area contributed by atoms with Crippen LogP contribution in [0, 0.1) is 23.4 Å². The van der Waals surface area contributed by atoms with Gasteiger partial charge >= 0.3 is 5.97 Å². The van der Waals surface area contributed by atoms with Gasteiger partial charge in [0.15, 0.2) is 17.1 Å². The highest BCUT2D eigenvalue weighted by Crippen LogP contribution is 2.42. The Labute approximate surface area is 156 Å². The molecule has 2 N–H and O–H groups in total. The molecule has 0 amide bonds. The third-order valence-corrected chi connectivity index (χ3v) is 4.92. The molecule has 9 heteroatoms. The van der Waals surface area contributed by atoms with Crippen LogP contribution in [0.5, 0.6) is 0 Å². The average molecular weight is 389 g/mol. The fraction of sp³-hybridized carbons (Fsp3) is 0.211. The predicted molar refractivity (Wildman–Crippen MR) is 94.5 cm³/mol. The summed E-state index contributed by atoms with van der Waals surface area (Å²) < 4.78 is 42.0. The monoisotopic (exact) mass is 389 g/mol. The minimum absolute atomic E-state index is 0.0478. The summed E-state index contributed by atoms with van der Waals surface area (Å²) in [5.41, 5.74) is -0.288. The van der Waals surface area contributed by atoms with Gasteiger partial charge in [-0.3, -0.25) is 9.59 Å². The number of benzene rings is 1. The highest BCUT2D eigenvalue weighted by atomic mass is 19.1. The van der Waals surface area contributed by atoms with Crippen molar-refractivity contribution < 1.29 is 23.1 Å². The fourth-order valence-electron chi connectivity index (χ4n) is 3.71. The molecule has 2 atom stereocenters. The molecule has 0 saturated carbocycles. The van der Waals surface area contributed by atoms with Crippen molar-refractivity contribution in [1.29, 1.82) is 0 Å². The Morgan fingerprint density at radius 3 is 2.57 bits per heavy atom. The number of nitrogens with zero attached hydrogens (tertiary/aromatic N) is 2. The number of H-pyrrole nitrogens is 1. The molecule has 1 aliphatic heterocycles. The molecule has 0 bridgehead atoms. The van der Waals surface area contributed by atoms with Gasteiger partial charge in [-0.2, -0.15) is 0 Å². The first kappa shape index (κ1) is 18.0. The number of halogens is 3. The van der Waals surface area contributed by atoms with Crippen molar-refractivity contribution in [2.45, 2.75) is 12.5 Å². The van der Waals surface area contributed by atoms with Gasteiger partial charge < -0.3 is 15.0 Å². The molecular weight excluding hydrogens is 375 g/mol. The first-order chi connectivity index (χ1) is 13.4. The number of aliphatic carboxylic acids is 1. The molecule has 0 radical (unpaired) electrons. The summed E-state index contributed by atoms with van der Waals surface area (Å²) in [5.74, 6) is -5.43. The van der Waals surface area contributed by atoms with Crippen LogP contribution < -0.4 is 10.3 Å². The van der Waals surface area contributed by atoms with E-state index in [0.717, 1.165) is 0 Å². The zero-order chi connectivity index (χ0) is 20.0. The Bertz CT molecular complexity index is 1120. The number of nitrogens with one attached hydrogen (secondary N) is 1. The molecule has 0 aliphatic carbocycles. The fourth-order valence-corrected chi connectivity index (χ4v) is 3.71. The summed E-state index contributed by atoms with van der Waals surface area (Å²) in [6.07, 6.45) is 1.53. The van der Waals surface area contributed by atoms with E-state index in [2.05, 4.69) is 9.97 Å². The lowest BCUT2D eigenvalue weighted by Crippen LogP contribution is -2.30. The molecule has 3 heterocycles. The number of carboxylic acids is 1. The van der Waals surface area contributed by atoms with E-state index in [0.29, 0.717) is 17.5 Å². The van der Waals surface area contributed by atoms with E-state index >= 15 is 0 Å². The maximum Gasteiger partial charge on any atom is 0.309 e. The van der Waals surface area contributed by atoms with Crippen molar-refractivity contribution in [2.75, 3.05) is 11.4 Å². The minimum atomic E-state index is -1.14. The summed E-state index contributed by atoms with van der Waals surface area (Å²) in [5, 5.41) is 9.90.